The van der Waals surface area contributed by atoms with Gasteiger partial charge in [0.2, 0.25) is 0 Å². The zero-order valence-electron chi connectivity index (χ0n) is 6.48. The molecule has 0 unspecified atom stereocenters. The lowest BCUT2D eigenvalue weighted by molar-refractivity contribution is 0.144. The van der Waals surface area contributed by atoms with Gasteiger partial charge in [0, 0.05) is 0 Å². The third-order valence-corrected chi connectivity index (χ3v) is 2.27. The van der Waals surface area contributed by atoms with E-state index < -0.39 is 6.10 Å². The van der Waals surface area contributed by atoms with Gasteiger partial charge in [0.05, 0.1) is 11.5 Å². The van der Waals surface area contributed by atoms with E-state index in [9.17, 15) is 0 Å². The van der Waals surface area contributed by atoms with Crippen LogP contribution in [0.3, 0.4) is 0 Å². The molecule has 56 valence electrons. The lowest BCUT2D eigenvalue weighted by Gasteiger charge is -2.27. The molecule has 0 saturated heterocycles. The van der Waals surface area contributed by atoms with Crippen molar-refractivity contribution in [2.24, 2.45) is 5.41 Å². The molecule has 0 heterocycles. The van der Waals surface area contributed by atoms with E-state index in [1.54, 1.807) is 6.92 Å². The number of hydrogen-bond acceptors (Lipinski definition) is 1. The van der Waals surface area contributed by atoms with E-state index in [2.05, 4.69) is 0 Å². The van der Waals surface area contributed by atoms with Crippen molar-refractivity contribution in [3.05, 3.63) is 0 Å². The van der Waals surface area contributed by atoms with Crippen LogP contribution in [-0.2, 0) is 0 Å². The van der Waals surface area contributed by atoms with Crippen LogP contribution < -0.4 is 0 Å². The summed E-state index contributed by atoms with van der Waals surface area (Å²) in [6.45, 7) is 7.75. The lowest BCUT2D eigenvalue weighted by Crippen LogP contribution is -2.30. The van der Waals surface area contributed by atoms with Gasteiger partial charge in [-0.1, -0.05) is 20.8 Å². The highest BCUT2D eigenvalue weighted by Gasteiger charge is 2.25. The first-order valence-electron chi connectivity index (χ1n) is 3.18. The topological polar surface area (TPSA) is 20.2 Å². The molecule has 0 aliphatic heterocycles. The quantitative estimate of drug-likeness (QED) is 0.568. The number of halogens is 1. The van der Waals surface area contributed by atoms with E-state index >= 15 is 0 Å². The number of rotatable bonds is 1. The number of aliphatic hydroxyl groups excluding tert-OH is 1. The van der Waals surface area contributed by atoms with E-state index in [0.717, 1.165) is 0 Å². The van der Waals surface area contributed by atoms with Crippen LogP contribution in [0.4, 0.5) is 0 Å². The molecule has 0 bridgehead atoms. The number of alkyl halides is 1. The van der Waals surface area contributed by atoms with Crippen molar-refractivity contribution in [3.8, 4) is 0 Å². The fourth-order valence-corrected chi connectivity index (χ4v) is 0.724. The maximum absolute atomic E-state index is 9.02. The number of hydrogen-bond donors (Lipinski definition) is 1. The van der Waals surface area contributed by atoms with Crippen molar-refractivity contribution in [2.75, 3.05) is 0 Å². The van der Waals surface area contributed by atoms with Crippen LogP contribution in [0.2, 0.25) is 0 Å². The molecule has 0 aromatic heterocycles. The van der Waals surface area contributed by atoms with Gasteiger partial charge in [-0.25, -0.2) is 0 Å². The van der Waals surface area contributed by atoms with Gasteiger partial charge in [-0.05, 0) is 12.3 Å². The zero-order valence-corrected chi connectivity index (χ0v) is 7.24. The largest absolute Gasteiger partial charge is 0.392 e. The summed E-state index contributed by atoms with van der Waals surface area (Å²) in [5.74, 6) is 0. The average Bonchev–Trinajstić information content (AvgIpc) is 1.62. The molecule has 0 aromatic carbocycles. The maximum Gasteiger partial charge on any atom is 0.0680 e. The van der Waals surface area contributed by atoms with E-state index in [1.165, 1.54) is 0 Å². The Bertz CT molecular complexity index is 83.4. The van der Waals surface area contributed by atoms with Crippen molar-refractivity contribution < 1.29 is 5.11 Å². The van der Waals surface area contributed by atoms with Gasteiger partial charge in [-0.15, -0.1) is 11.6 Å². The van der Waals surface area contributed by atoms with E-state index in [-0.39, 0.29) is 10.8 Å². The molecule has 1 nitrogen and oxygen atoms in total. The Hall–Kier alpha value is 0.250. The van der Waals surface area contributed by atoms with Gasteiger partial charge in [0.1, 0.15) is 0 Å². The average molecular weight is 151 g/mol. The molecule has 0 fully saturated rings. The highest BCUT2D eigenvalue weighted by molar-refractivity contribution is 6.21. The molecule has 0 amide bonds. The Morgan fingerprint density at radius 1 is 1.33 bits per heavy atom. The second-order valence-corrected chi connectivity index (χ2v) is 3.98. The van der Waals surface area contributed by atoms with Crippen molar-refractivity contribution in [1.29, 1.82) is 0 Å². The van der Waals surface area contributed by atoms with Crippen LogP contribution in [0.5, 0.6) is 0 Å². The Morgan fingerprint density at radius 2 is 1.67 bits per heavy atom. The maximum atomic E-state index is 9.02. The van der Waals surface area contributed by atoms with Crippen molar-refractivity contribution in [2.45, 2.75) is 39.2 Å². The van der Waals surface area contributed by atoms with Gasteiger partial charge in [-0.3, -0.25) is 0 Å². The smallest absolute Gasteiger partial charge is 0.0680 e. The molecule has 0 spiro atoms. The molecule has 0 radical (unpaired) electrons. The zero-order chi connectivity index (χ0) is 7.65. The minimum atomic E-state index is -0.424. The summed E-state index contributed by atoms with van der Waals surface area (Å²) in [5, 5.41) is 8.87. The van der Waals surface area contributed by atoms with Crippen LogP contribution in [0.25, 0.3) is 0 Å². The molecule has 2 atom stereocenters. The molecule has 0 aromatic rings. The van der Waals surface area contributed by atoms with Crippen molar-refractivity contribution in [3.63, 3.8) is 0 Å². The highest BCUT2D eigenvalue weighted by Crippen LogP contribution is 2.26. The second-order valence-electron chi connectivity index (χ2n) is 3.51. The minimum absolute atomic E-state index is 0.00424. The second kappa shape index (κ2) is 2.89. The Balaban J connectivity index is 3.88. The Labute approximate surface area is 62.0 Å². The summed E-state index contributed by atoms with van der Waals surface area (Å²) in [6.07, 6.45) is -0.424. The van der Waals surface area contributed by atoms with E-state index in [0.29, 0.717) is 0 Å². The first-order valence-corrected chi connectivity index (χ1v) is 3.61. The summed E-state index contributed by atoms with van der Waals surface area (Å²) in [7, 11) is 0. The molecular formula is C7H15ClO. The normalized spacial score (nSPS) is 19.3. The SMILES string of the molecule is C[C@H](O)[C@@H](Cl)C(C)(C)C. The Kier molecular flexibility index (Phi) is 2.97. The van der Waals surface area contributed by atoms with Crippen LogP contribution in [0.1, 0.15) is 27.7 Å². The summed E-state index contributed by atoms with van der Waals surface area (Å²) in [5.41, 5.74) is -0.00424. The molecule has 1 N–H and O–H groups in total. The molecule has 0 rings (SSSR count). The molecule has 0 saturated carbocycles. The van der Waals surface area contributed by atoms with E-state index in [4.69, 9.17) is 16.7 Å². The first-order chi connectivity index (χ1) is 3.85. The summed E-state index contributed by atoms with van der Waals surface area (Å²) in [6, 6.07) is 0. The van der Waals surface area contributed by atoms with Gasteiger partial charge in [-0.2, -0.15) is 0 Å². The fraction of sp³-hybridized carbons (Fsp3) is 1.00. The van der Waals surface area contributed by atoms with Crippen LogP contribution in [0.15, 0.2) is 0 Å². The third kappa shape index (κ3) is 3.07. The minimum Gasteiger partial charge on any atom is -0.392 e. The number of aliphatic hydroxyl groups is 1. The predicted octanol–water partition coefficient (Wildman–Crippen LogP) is 2.02. The van der Waals surface area contributed by atoms with Crippen LogP contribution >= 0.6 is 11.6 Å². The van der Waals surface area contributed by atoms with E-state index in [1.807, 2.05) is 20.8 Å². The predicted molar refractivity (Wildman–Crippen MR) is 40.8 cm³/mol. The first kappa shape index (κ1) is 9.25. The monoisotopic (exact) mass is 150 g/mol. The molecule has 0 aliphatic carbocycles. The van der Waals surface area contributed by atoms with Gasteiger partial charge >= 0.3 is 0 Å². The van der Waals surface area contributed by atoms with Crippen LogP contribution in [0, 0.1) is 5.41 Å². The molecule has 9 heavy (non-hydrogen) atoms. The highest BCUT2D eigenvalue weighted by atomic mass is 35.5. The van der Waals surface area contributed by atoms with Gasteiger partial charge in [0.25, 0.3) is 0 Å². The molecule has 2 heteroatoms. The van der Waals surface area contributed by atoms with Crippen LogP contribution in [-0.4, -0.2) is 16.6 Å². The van der Waals surface area contributed by atoms with Crippen molar-refractivity contribution in [1.82, 2.24) is 0 Å². The third-order valence-electron chi connectivity index (χ3n) is 1.25. The fourth-order valence-electron chi connectivity index (χ4n) is 0.724. The lowest BCUT2D eigenvalue weighted by atomic mass is 9.89. The summed E-state index contributed by atoms with van der Waals surface area (Å²) in [4.78, 5) is 0. The van der Waals surface area contributed by atoms with Gasteiger partial charge < -0.3 is 5.11 Å². The van der Waals surface area contributed by atoms with Crippen molar-refractivity contribution >= 4 is 11.6 Å². The molecular weight excluding hydrogens is 136 g/mol. The summed E-state index contributed by atoms with van der Waals surface area (Å²) >= 11 is 5.84. The summed E-state index contributed by atoms with van der Waals surface area (Å²) < 4.78 is 0. The molecule has 0 aliphatic rings. The standard InChI is InChI=1S/C7H15ClO/c1-5(9)6(8)7(2,3)4/h5-6,9H,1-4H3/t5-,6+/m0/s1. The van der Waals surface area contributed by atoms with Gasteiger partial charge in [0.15, 0.2) is 0 Å². The Morgan fingerprint density at radius 3 is 1.67 bits per heavy atom.